The van der Waals surface area contributed by atoms with Gasteiger partial charge in [-0.25, -0.2) is 4.52 Å². The van der Waals surface area contributed by atoms with Crippen molar-refractivity contribution >= 4 is 11.2 Å². The van der Waals surface area contributed by atoms with Gasteiger partial charge in [0.1, 0.15) is 5.75 Å². The van der Waals surface area contributed by atoms with Crippen molar-refractivity contribution in [1.29, 1.82) is 5.26 Å². The molecule has 0 atom stereocenters. The first kappa shape index (κ1) is 19.0. The van der Waals surface area contributed by atoms with Crippen LogP contribution in [0, 0.1) is 17.2 Å². The van der Waals surface area contributed by atoms with Crippen molar-refractivity contribution in [3.63, 3.8) is 0 Å². The fourth-order valence-corrected chi connectivity index (χ4v) is 4.83. The first-order chi connectivity index (χ1) is 14.8. The van der Waals surface area contributed by atoms with Gasteiger partial charge in [-0.05, 0) is 68.4 Å². The van der Waals surface area contributed by atoms with Crippen molar-refractivity contribution in [2.45, 2.75) is 51.0 Å². The number of anilines is 1. The Labute approximate surface area is 177 Å². The first-order valence-corrected chi connectivity index (χ1v) is 11.2. The molecule has 0 amide bonds. The van der Waals surface area contributed by atoms with E-state index in [9.17, 15) is 5.26 Å². The van der Waals surface area contributed by atoms with Gasteiger partial charge in [0.2, 0.25) is 0 Å². The summed E-state index contributed by atoms with van der Waals surface area (Å²) in [6.07, 6.45) is 12.4. The molecule has 30 heavy (non-hydrogen) atoms. The van der Waals surface area contributed by atoms with Crippen LogP contribution >= 0.6 is 0 Å². The molecule has 0 spiro atoms. The Kier molecular flexibility index (Phi) is 5.31. The molecule has 0 unspecified atom stereocenters. The molecule has 5 heteroatoms. The van der Waals surface area contributed by atoms with Crippen LogP contribution in [0.4, 0.5) is 5.69 Å². The van der Waals surface area contributed by atoms with E-state index in [4.69, 9.17) is 4.74 Å². The second kappa shape index (κ2) is 8.39. The maximum absolute atomic E-state index is 9.21. The summed E-state index contributed by atoms with van der Waals surface area (Å²) in [6.45, 7) is 1.83. The highest BCUT2D eigenvalue weighted by Gasteiger charge is 2.22. The zero-order chi connectivity index (χ0) is 20.3. The molecule has 0 bridgehead atoms. The van der Waals surface area contributed by atoms with Crippen LogP contribution in [-0.2, 0) is 0 Å². The molecular weight excluding hydrogens is 372 g/mol. The molecule has 0 N–H and O–H groups in total. The van der Waals surface area contributed by atoms with Crippen LogP contribution in [0.3, 0.4) is 0 Å². The smallest absolute Gasteiger partial charge is 0.119 e. The molecule has 0 radical (unpaired) electrons. The highest BCUT2D eigenvalue weighted by atomic mass is 16.5. The number of nitrogens with zero attached hydrogens (tertiary/aromatic N) is 4. The zero-order valence-corrected chi connectivity index (χ0v) is 17.3. The Balaban J connectivity index is 1.41. The molecule has 5 nitrogen and oxygen atoms in total. The maximum atomic E-state index is 9.21. The van der Waals surface area contributed by atoms with Crippen molar-refractivity contribution < 1.29 is 4.74 Å². The van der Waals surface area contributed by atoms with E-state index in [-0.39, 0.29) is 5.92 Å². The summed E-state index contributed by atoms with van der Waals surface area (Å²) in [5, 5.41) is 13.8. The number of ether oxygens (including phenoxy) is 1. The number of aromatic nitrogens is 2. The molecule has 2 fully saturated rings. The average Bonchev–Trinajstić information content (AvgIpc) is 3.25. The van der Waals surface area contributed by atoms with Gasteiger partial charge in [-0.15, -0.1) is 0 Å². The summed E-state index contributed by atoms with van der Waals surface area (Å²) in [7, 11) is 0. The Morgan fingerprint density at radius 2 is 1.73 bits per heavy atom. The van der Waals surface area contributed by atoms with Gasteiger partial charge >= 0.3 is 0 Å². The number of rotatable bonds is 4. The van der Waals surface area contributed by atoms with E-state index in [1.165, 1.54) is 37.8 Å². The number of hydrogen-bond acceptors (Lipinski definition) is 4. The minimum atomic E-state index is 0.182. The summed E-state index contributed by atoms with van der Waals surface area (Å²) in [4.78, 5) is 2.40. The lowest BCUT2D eigenvalue weighted by Gasteiger charge is -2.31. The second-order valence-electron chi connectivity index (χ2n) is 8.54. The summed E-state index contributed by atoms with van der Waals surface area (Å²) in [5.41, 5.74) is 4.62. The van der Waals surface area contributed by atoms with Gasteiger partial charge in [0.25, 0.3) is 0 Å². The molecule has 2 aliphatic rings. The van der Waals surface area contributed by atoms with Crippen molar-refractivity contribution in [2.75, 3.05) is 18.0 Å². The van der Waals surface area contributed by atoms with Gasteiger partial charge in [0, 0.05) is 30.8 Å². The Bertz CT molecular complexity index is 1040. The standard InChI is InChI=1S/C25H28N4O/c26-17-19-12-15-28(16-13-19)24-7-4-14-29-25(24)23(18-27-29)20-8-10-22(11-9-20)30-21-5-2-1-3-6-21/h4,7-11,14,18-19,21H,1-3,5-6,12-13,15-16H2. The van der Waals surface area contributed by atoms with E-state index in [0.29, 0.717) is 6.10 Å². The predicted molar refractivity (Wildman–Crippen MR) is 119 cm³/mol. The van der Waals surface area contributed by atoms with Crippen LogP contribution in [0.5, 0.6) is 5.75 Å². The van der Waals surface area contributed by atoms with E-state index >= 15 is 0 Å². The van der Waals surface area contributed by atoms with Crippen LogP contribution < -0.4 is 9.64 Å². The molecule has 2 aromatic heterocycles. The SMILES string of the molecule is N#CC1CCN(c2cccn3ncc(-c4ccc(OC5CCCCC5)cc4)c23)CC1. The van der Waals surface area contributed by atoms with Gasteiger partial charge in [-0.3, -0.25) is 0 Å². The monoisotopic (exact) mass is 400 g/mol. The molecule has 1 saturated carbocycles. The number of piperidine rings is 1. The minimum absolute atomic E-state index is 0.182. The second-order valence-corrected chi connectivity index (χ2v) is 8.54. The molecular formula is C25H28N4O. The highest BCUT2D eigenvalue weighted by molar-refractivity contribution is 5.90. The van der Waals surface area contributed by atoms with Crippen molar-refractivity contribution in [1.82, 2.24) is 9.61 Å². The third kappa shape index (κ3) is 3.75. The maximum Gasteiger partial charge on any atom is 0.119 e. The molecule has 154 valence electrons. The fraction of sp³-hybridized carbons (Fsp3) is 0.440. The molecule has 1 saturated heterocycles. The third-order valence-corrected chi connectivity index (χ3v) is 6.56. The molecule has 1 aliphatic heterocycles. The normalized spacial score (nSPS) is 18.4. The Morgan fingerprint density at radius 1 is 0.967 bits per heavy atom. The molecule has 5 rings (SSSR count). The van der Waals surface area contributed by atoms with Crippen LogP contribution in [0.15, 0.2) is 48.8 Å². The summed E-state index contributed by atoms with van der Waals surface area (Å²) >= 11 is 0. The van der Waals surface area contributed by atoms with Gasteiger partial charge < -0.3 is 9.64 Å². The lowest BCUT2D eigenvalue weighted by atomic mass is 9.97. The van der Waals surface area contributed by atoms with Crippen LogP contribution in [0.25, 0.3) is 16.6 Å². The van der Waals surface area contributed by atoms with E-state index < -0.39 is 0 Å². The van der Waals surface area contributed by atoms with E-state index in [0.717, 1.165) is 48.3 Å². The first-order valence-electron chi connectivity index (χ1n) is 11.2. The largest absolute Gasteiger partial charge is 0.490 e. The predicted octanol–water partition coefficient (Wildman–Crippen LogP) is 5.45. The van der Waals surface area contributed by atoms with Crippen LogP contribution in [0.2, 0.25) is 0 Å². The summed E-state index contributed by atoms with van der Waals surface area (Å²) < 4.78 is 8.17. The van der Waals surface area contributed by atoms with Gasteiger partial charge in [0.05, 0.1) is 29.6 Å². The molecule has 1 aliphatic carbocycles. The van der Waals surface area contributed by atoms with Gasteiger partial charge in [-0.2, -0.15) is 10.4 Å². The number of benzene rings is 1. The Morgan fingerprint density at radius 3 is 2.47 bits per heavy atom. The number of nitriles is 1. The van der Waals surface area contributed by atoms with Crippen LogP contribution in [-0.4, -0.2) is 28.8 Å². The summed E-state index contributed by atoms with van der Waals surface area (Å²) in [6, 6.07) is 15.1. The van der Waals surface area contributed by atoms with Crippen molar-refractivity contribution in [3.8, 4) is 22.9 Å². The highest BCUT2D eigenvalue weighted by Crippen LogP contribution is 2.34. The molecule has 1 aromatic carbocycles. The lowest BCUT2D eigenvalue weighted by Crippen LogP contribution is -2.33. The molecule has 3 aromatic rings. The minimum Gasteiger partial charge on any atom is -0.490 e. The lowest BCUT2D eigenvalue weighted by molar-refractivity contribution is 0.155. The van der Waals surface area contributed by atoms with Crippen molar-refractivity contribution in [3.05, 3.63) is 48.8 Å². The van der Waals surface area contributed by atoms with Crippen LogP contribution in [0.1, 0.15) is 44.9 Å². The topological polar surface area (TPSA) is 53.6 Å². The molecule has 3 heterocycles. The third-order valence-electron chi connectivity index (χ3n) is 6.56. The number of hydrogen-bond donors (Lipinski definition) is 0. The number of fused-ring (bicyclic) bond motifs is 1. The van der Waals surface area contributed by atoms with E-state index in [1.54, 1.807) is 0 Å². The van der Waals surface area contributed by atoms with E-state index in [2.05, 4.69) is 52.5 Å². The zero-order valence-electron chi connectivity index (χ0n) is 17.3. The van der Waals surface area contributed by atoms with E-state index in [1.807, 2.05) is 16.9 Å². The number of pyridine rings is 1. The average molecular weight is 401 g/mol. The fourth-order valence-electron chi connectivity index (χ4n) is 4.83. The van der Waals surface area contributed by atoms with Crippen molar-refractivity contribution in [2.24, 2.45) is 5.92 Å². The Hall–Kier alpha value is -3.00. The van der Waals surface area contributed by atoms with Gasteiger partial charge in [-0.1, -0.05) is 18.6 Å². The van der Waals surface area contributed by atoms with Gasteiger partial charge in [0.15, 0.2) is 0 Å². The summed E-state index contributed by atoms with van der Waals surface area (Å²) in [5.74, 6) is 1.14. The quantitative estimate of drug-likeness (QED) is 0.584.